The minimum Gasteiger partial charge on any atom is -0.495 e. The lowest BCUT2D eigenvalue weighted by Gasteiger charge is -2.07. The fourth-order valence-corrected chi connectivity index (χ4v) is 2.75. The summed E-state index contributed by atoms with van der Waals surface area (Å²) < 4.78 is 10.5. The summed E-state index contributed by atoms with van der Waals surface area (Å²) in [7, 11) is 1.49. The highest BCUT2D eigenvalue weighted by atomic mass is 35.5. The zero-order valence-electron chi connectivity index (χ0n) is 12.0. The molecule has 0 bridgehead atoms. The fourth-order valence-electron chi connectivity index (χ4n) is 2.16. The number of carbonyl (C=O) groups is 1. The molecule has 0 radical (unpaired) electrons. The normalized spacial score (nSPS) is 15.5. The molecular formula is C17H11Cl2NO3. The highest BCUT2D eigenvalue weighted by Gasteiger charge is 2.24. The van der Waals surface area contributed by atoms with Gasteiger partial charge >= 0.3 is 5.97 Å². The lowest BCUT2D eigenvalue weighted by Crippen LogP contribution is -2.05. The Kier molecular flexibility index (Phi) is 4.37. The predicted octanol–water partition coefficient (Wildman–Crippen LogP) is 4.35. The zero-order chi connectivity index (χ0) is 16.4. The monoisotopic (exact) mass is 347 g/mol. The van der Waals surface area contributed by atoms with Gasteiger partial charge in [0.1, 0.15) is 5.75 Å². The molecule has 2 aromatic carbocycles. The topological polar surface area (TPSA) is 47.9 Å². The molecule has 23 heavy (non-hydrogen) atoms. The van der Waals surface area contributed by atoms with Gasteiger partial charge in [0.15, 0.2) is 5.70 Å². The summed E-state index contributed by atoms with van der Waals surface area (Å²) in [4.78, 5) is 16.3. The zero-order valence-corrected chi connectivity index (χ0v) is 13.6. The second-order valence-electron chi connectivity index (χ2n) is 4.71. The number of benzene rings is 2. The van der Waals surface area contributed by atoms with Gasteiger partial charge in [-0.25, -0.2) is 9.79 Å². The minimum absolute atomic E-state index is 0.153. The number of carbonyl (C=O) groups excluding carboxylic acids is 1. The van der Waals surface area contributed by atoms with Gasteiger partial charge in [0.05, 0.1) is 12.1 Å². The van der Waals surface area contributed by atoms with Crippen molar-refractivity contribution in [3.63, 3.8) is 0 Å². The average molecular weight is 348 g/mol. The van der Waals surface area contributed by atoms with E-state index in [1.54, 1.807) is 12.1 Å². The van der Waals surface area contributed by atoms with E-state index in [9.17, 15) is 4.79 Å². The van der Waals surface area contributed by atoms with Crippen molar-refractivity contribution in [1.82, 2.24) is 0 Å². The number of rotatable bonds is 3. The maximum absolute atomic E-state index is 12.0. The number of esters is 1. The van der Waals surface area contributed by atoms with Gasteiger partial charge in [-0.1, -0.05) is 41.4 Å². The van der Waals surface area contributed by atoms with Crippen LogP contribution in [-0.2, 0) is 9.53 Å². The molecule has 0 saturated carbocycles. The van der Waals surface area contributed by atoms with Crippen molar-refractivity contribution in [1.29, 1.82) is 0 Å². The molecule has 0 unspecified atom stereocenters. The maximum Gasteiger partial charge on any atom is 0.363 e. The predicted molar refractivity (Wildman–Crippen MR) is 90.1 cm³/mol. The number of halogens is 2. The second kappa shape index (κ2) is 6.44. The molecule has 1 aliphatic heterocycles. The molecule has 0 aliphatic carbocycles. The lowest BCUT2D eigenvalue weighted by molar-refractivity contribution is -0.129. The molecular weight excluding hydrogens is 337 g/mol. The summed E-state index contributed by atoms with van der Waals surface area (Å²) in [5, 5.41) is 0.784. The fraction of sp³-hybridized carbons (Fsp3) is 0.0588. The molecule has 0 aromatic heterocycles. The highest BCUT2D eigenvalue weighted by molar-refractivity contribution is 6.36. The molecule has 4 nitrogen and oxygen atoms in total. The van der Waals surface area contributed by atoms with Gasteiger partial charge in [0, 0.05) is 16.1 Å². The Morgan fingerprint density at radius 2 is 1.91 bits per heavy atom. The van der Waals surface area contributed by atoms with Crippen LogP contribution in [0.3, 0.4) is 0 Å². The molecule has 2 aromatic rings. The Bertz CT molecular complexity index is 829. The van der Waals surface area contributed by atoms with Crippen LogP contribution in [0.4, 0.5) is 0 Å². The Balaban J connectivity index is 2.03. The summed E-state index contributed by atoms with van der Waals surface area (Å²) >= 11 is 12.1. The maximum atomic E-state index is 12.0. The summed E-state index contributed by atoms with van der Waals surface area (Å²) in [5.41, 5.74) is 1.43. The SMILES string of the molecule is COc1c(Cl)cc(Cl)cc1/C=C1/N=C(c2ccccc2)OC1=O. The number of nitrogens with zero attached hydrogens (tertiary/aromatic N) is 1. The summed E-state index contributed by atoms with van der Waals surface area (Å²) in [6, 6.07) is 12.4. The summed E-state index contributed by atoms with van der Waals surface area (Å²) in [5.74, 6) is 0.135. The van der Waals surface area contributed by atoms with Crippen LogP contribution in [-0.4, -0.2) is 19.0 Å². The van der Waals surface area contributed by atoms with Crippen LogP contribution >= 0.6 is 23.2 Å². The van der Waals surface area contributed by atoms with E-state index in [0.717, 1.165) is 5.56 Å². The van der Waals surface area contributed by atoms with Crippen molar-refractivity contribution in [2.24, 2.45) is 4.99 Å². The summed E-state index contributed by atoms with van der Waals surface area (Å²) in [6.07, 6.45) is 1.54. The van der Waals surface area contributed by atoms with Crippen molar-refractivity contribution < 1.29 is 14.3 Å². The van der Waals surface area contributed by atoms with E-state index in [0.29, 0.717) is 21.4 Å². The van der Waals surface area contributed by atoms with Crippen molar-refractivity contribution in [2.45, 2.75) is 0 Å². The first-order valence-electron chi connectivity index (χ1n) is 6.69. The van der Waals surface area contributed by atoms with E-state index in [2.05, 4.69) is 4.99 Å². The van der Waals surface area contributed by atoms with Gasteiger partial charge in [0.25, 0.3) is 0 Å². The van der Waals surface area contributed by atoms with E-state index < -0.39 is 5.97 Å². The molecule has 6 heteroatoms. The standard InChI is InChI=1S/C17H11Cl2NO3/c1-22-15-11(7-12(18)9-13(15)19)8-14-17(21)23-16(20-14)10-5-3-2-4-6-10/h2-9H,1H3/b14-8+. The number of aliphatic imine (C=N–C) groups is 1. The third-order valence-electron chi connectivity index (χ3n) is 3.17. The number of ether oxygens (including phenoxy) is 2. The van der Waals surface area contributed by atoms with E-state index in [4.69, 9.17) is 32.7 Å². The van der Waals surface area contributed by atoms with Gasteiger partial charge < -0.3 is 9.47 Å². The second-order valence-corrected chi connectivity index (χ2v) is 5.56. The molecule has 0 N–H and O–H groups in total. The van der Waals surface area contributed by atoms with E-state index in [1.807, 2.05) is 30.3 Å². The van der Waals surface area contributed by atoms with Gasteiger partial charge in [-0.2, -0.15) is 0 Å². The lowest BCUT2D eigenvalue weighted by atomic mass is 10.1. The van der Waals surface area contributed by atoms with Gasteiger partial charge in [-0.05, 0) is 30.3 Å². The molecule has 1 aliphatic rings. The van der Waals surface area contributed by atoms with E-state index in [1.165, 1.54) is 13.2 Å². The molecule has 0 fully saturated rings. The van der Waals surface area contributed by atoms with Crippen molar-refractivity contribution >= 4 is 41.1 Å². The number of cyclic esters (lactones) is 1. The Morgan fingerprint density at radius 1 is 1.17 bits per heavy atom. The van der Waals surface area contributed by atoms with Crippen LogP contribution in [0.2, 0.25) is 10.0 Å². The third-order valence-corrected chi connectivity index (χ3v) is 3.67. The first kappa shape index (κ1) is 15.6. The van der Waals surface area contributed by atoms with E-state index >= 15 is 0 Å². The Morgan fingerprint density at radius 3 is 2.61 bits per heavy atom. The third kappa shape index (κ3) is 3.23. The average Bonchev–Trinajstić information content (AvgIpc) is 2.89. The van der Waals surface area contributed by atoms with Gasteiger partial charge in [-0.3, -0.25) is 0 Å². The van der Waals surface area contributed by atoms with Crippen LogP contribution in [0.5, 0.6) is 5.75 Å². The van der Waals surface area contributed by atoms with Crippen molar-refractivity contribution in [3.8, 4) is 5.75 Å². The summed E-state index contributed by atoms with van der Waals surface area (Å²) in [6.45, 7) is 0. The largest absolute Gasteiger partial charge is 0.495 e. The van der Waals surface area contributed by atoms with Crippen LogP contribution < -0.4 is 4.74 Å². The van der Waals surface area contributed by atoms with Gasteiger partial charge in [-0.15, -0.1) is 0 Å². The first-order valence-corrected chi connectivity index (χ1v) is 7.45. The van der Waals surface area contributed by atoms with Crippen molar-refractivity contribution in [3.05, 3.63) is 69.3 Å². The molecule has 0 amide bonds. The van der Waals surface area contributed by atoms with Gasteiger partial charge in [0.2, 0.25) is 5.90 Å². The molecule has 1 heterocycles. The Hall–Kier alpha value is -2.30. The molecule has 0 spiro atoms. The highest BCUT2D eigenvalue weighted by Crippen LogP contribution is 2.34. The Labute approximate surface area is 143 Å². The molecule has 0 atom stereocenters. The number of hydrogen-bond acceptors (Lipinski definition) is 4. The van der Waals surface area contributed by atoms with Crippen LogP contribution in [0.25, 0.3) is 6.08 Å². The van der Waals surface area contributed by atoms with E-state index in [-0.39, 0.29) is 11.6 Å². The molecule has 3 rings (SSSR count). The quantitative estimate of drug-likeness (QED) is 0.612. The van der Waals surface area contributed by atoms with Crippen LogP contribution in [0.1, 0.15) is 11.1 Å². The minimum atomic E-state index is -0.540. The van der Waals surface area contributed by atoms with Crippen LogP contribution in [0.15, 0.2) is 53.2 Å². The molecule has 116 valence electrons. The smallest absolute Gasteiger partial charge is 0.363 e. The van der Waals surface area contributed by atoms with Crippen LogP contribution in [0, 0.1) is 0 Å². The number of methoxy groups -OCH3 is 1. The van der Waals surface area contributed by atoms with Crippen molar-refractivity contribution in [2.75, 3.05) is 7.11 Å². The molecule has 0 saturated heterocycles. The first-order chi connectivity index (χ1) is 11.1. The number of hydrogen-bond donors (Lipinski definition) is 0.